The van der Waals surface area contributed by atoms with E-state index < -0.39 is 0 Å². The molecule has 1 aliphatic rings. The molecular weight excluding hydrogens is 418 g/mol. The molecule has 0 spiro atoms. The van der Waals surface area contributed by atoms with Crippen molar-refractivity contribution in [2.75, 3.05) is 37.1 Å². The number of carbonyl (C=O) groups excluding carboxylic acids is 1. The summed E-state index contributed by atoms with van der Waals surface area (Å²) < 4.78 is 0. The molecule has 2 N–H and O–H groups in total. The number of hydrogen-bond donors (Lipinski definition) is 2. The predicted molar refractivity (Wildman–Crippen MR) is 134 cm³/mol. The first-order valence-electron chi connectivity index (χ1n) is 11.2. The summed E-state index contributed by atoms with van der Waals surface area (Å²) >= 11 is 1.50. The first-order chi connectivity index (χ1) is 15.5. The van der Waals surface area contributed by atoms with Crippen molar-refractivity contribution < 1.29 is 4.79 Å². The van der Waals surface area contributed by atoms with Gasteiger partial charge in [0.1, 0.15) is 10.8 Å². The summed E-state index contributed by atoms with van der Waals surface area (Å²) in [6.07, 6.45) is 8.01. The number of hydrogen-bond acceptors (Lipinski definition) is 6. The largest absolute Gasteiger partial charge is 0.377 e. The summed E-state index contributed by atoms with van der Waals surface area (Å²) in [4.78, 5) is 23.8. The van der Waals surface area contributed by atoms with E-state index in [0.717, 1.165) is 42.0 Å². The van der Waals surface area contributed by atoms with Crippen LogP contribution in [0.1, 0.15) is 36.0 Å². The molecule has 2 heterocycles. The van der Waals surface area contributed by atoms with Crippen molar-refractivity contribution in [3.05, 3.63) is 54.2 Å². The van der Waals surface area contributed by atoms with Crippen LogP contribution >= 0.6 is 11.8 Å². The Hall–Kier alpha value is -2.80. The van der Waals surface area contributed by atoms with E-state index in [9.17, 15) is 4.79 Å². The fraction of sp³-hybridized carbons (Fsp3) is 0.400. The molecule has 0 radical (unpaired) electrons. The molecule has 0 bridgehead atoms. The predicted octanol–water partition coefficient (Wildman–Crippen LogP) is 4.82. The third kappa shape index (κ3) is 5.15. The number of carbonyl (C=O) groups is 1. The second-order valence-corrected chi connectivity index (χ2v) is 9.37. The topological polar surface area (TPSA) is 70.2 Å². The second kappa shape index (κ2) is 10.2. The van der Waals surface area contributed by atoms with Gasteiger partial charge in [-0.05, 0) is 56.1 Å². The number of rotatable bonds is 7. The summed E-state index contributed by atoms with van der Waals surface area (Å²) in [5.41, 5.74) is 2.85. The molecule has 0 saturated heterocycles. The van der Waals surface area contributed by atoms with Gasteiger partial charge in [-0.15, -0.1) is 11.8 Å². The van der Waals surface area contributed by atoms with Crippen LogP contribution < -0.4 is 15.5 Å². The molecule has 32 heavy (non-hydrogen) atoms. The second-order valence-electron chi connectivity index (χ2n) is 8.57. The number of amides is 1. The zero-order valence-electron chi connectivity index (χ0n) is 19.0. The Labute approximate surface area is 194 Å². The highest BCUT2D eigenvalue weighted by molar-refractivity contribution is 7.98. The van der Waals surface area contributed by atoms with Crippen LogP contribution in [0, 0.1) is 5.92 Å². The van der Waals surface area contributed by atoms with E-state index in [0.29, 0.717) is 24.1 Å². The van der Waals surface area contributed by atoms with Crippen molar-refractivity contribution in [3.63, 3.8) is 0 Å². The summed E-state index contributed by atoms with van der Waals surface area (Å²) in [5.74, 6) is 1.41. The molecule has 168 valence electrons. The van der Waals surface area contributed by atoms with Crippen molar-refractivity contribution in [2.24, 2.45) is 5.92 Å². The molecule has 0 atom stereocenters. The molecule has 7 heteroatoms. The van der Waals surface area contributed by atoms with Crippen LogP contribution in [-0.2, 0) is 0 Å². The lowest BCUT2D eigenvalue weighted by atomic mass is 9.86. The Balaban J connectivity index is 1.32. The number of pyridine rings is 2. The lowest BCUT2D eigenvalue weighted by Gasteiger charge is -2.30. The number of benzene rings is 1. The van der Waals surface area contributed by atoms with Crippen LogP contribution in [0.2, 0.25) is 0 Å². The number of anilines is 2. The van der Waals surface area contributed by atoms with Crippen molar-refractivity contribution in [3.8, 4) is 0 Å². The van der Waals surface area contributed by atoms with Crippen molar-refractivity contribution in [1.82, 2.24) is 15.3 Å². The summed E-state index contributed by atoms with van der Waals surface area (Å²) in [5, 5.41) is 8.72. The van der Waals surface area contributed by atoms with Gasteiger partial charge in [-0.3, -0.25) is 4.79 Å². The van der Waals surface area contributed by atoms with Gasteiger partial charge in [0.2, 0.25) is 0 Å². The number of aromatic nitrogens is 2. The average molecular weight is 450 g/mol. The van der Waals surface area contributed by atoms with Gasteiger partial charge in [-0.2, -0.15) is 0 Å². The smallest absolute Gasteiger partial charge is 0.254 e. The lowest BCUT2D eigenvalue weighted by molar-refractivity contribution is 0.0939. The minimum atomic E-state index is -0.0284. The molecule has 3 aromatic rings. The highest BCUT2D eigenvalue weighted by Crippen LogP contribution is 2.30. The third-order valence-corrected chi connectivity index (χ3v) is 6.85. The molecule has 1 aromatic carbocycles. The summed E-state index contributed by atoms with van der Waals surface area (Å²) in [6.45, 7) is 0.716. The molecule has 0 aliphatic heterocycles. The van der Waals surface area contributed by atoms with E-state index in [1.807, 2.05) is 24.5 Å². The van der Waals surface area contributed by atoms with Crippen LogP contribution in [0.25, 0.3) is 10.9 Å². The number of nitrogens with one attached hydrogen (secondary N) is 2. The monoisotopic (exact) mass is 449 g/mol. The zero-order valence-corrected chi connectivity index (χ0v) is 19.8. The number of nitrogens with zero attached hydrogens (tertiary/aromatic N) is 3. The number of para-hydroxylation sites is 1. The normalized spacial score (nSPS) is 18.3. The third-order valence-electron chi connectivity index (χ3n) is 6.14. The van der Waals surface area contributed by atoms with E-state index in [4.69, 9.17) is 4.98 Å². The Morgan fingerprint density at radius 3 is 2.66 bits per heavy atom. The quantitative estimate of drug-likeness (QED) is 0.504. The van der Waals surface area contributed by atoms with Gasteiger partial charge in [0.25, 0.3) is 5.91 Å². The average Bonchev–Trinajstić information content (AvgIpc) is 2.82. The molecule has 1 aliphatic carbocycles. The molecule has 1 saturated carbocycles. The fourth-order valence-electron chi connectivity index (χ4n) is 4.38. The van der Waals surface area contributed by atoms with Crippen LogP contribution in [0.5, 0.6) is 0 Å². The maximum absolute atomic E-state index is 12.6. The zero-order chi connectivity index (χ0) is 22.5. The first kappa shape index (κ1) is 22.4. The Bertz CT molecular complexity index is 1080. The van der Waals surface area contributed by atoms with Gasteiger partial charge < -0.3 is 15.5 Å². The standard InChI is InChI=1S/C25H31N5OS/c1-30(2)22-15-23(29-21-9-5-4-7-19(21)22)28-18-12-10-17(11-13-18)16-27-24(31)20-8-6-14-26-25(20)32-3/h4-9,14-15,17-18H,10-13,16H2,1-3H3,(H,27,31)(H,28,29). The number of thioether (sulfide) groups is 1. The van der Waals surface area contributed by atoms with E-state index in [1.54, 1.807) is 6.20 Å². The minimum Gasteiger partial charge on any atom is -0.377 e. The first-order valence-corrected chi connectivity index (χ1v) is 12.4. The minimum absolute atomic E-state index is 0.0284. The van der Waals surface area contributed by atoms with Crippen molar-refractivity contribution in [2.45, 2.75) is 36.8 Å². The highest BCUT2D eigenvalue weighted by atomic mass is 32.2. The van der Waals surface area contributed by atoms with Crippen LogP contribution in [-0.4, -0.2) is 48.8 Å². The van der Waals surface area contributed by atoms with Crippen molar-refractivity contribution in [1.29, 1.82) is 0 Å². The number of fused-ring (bicyclic) bond motifs is 1. The van der Waals surface area contributed by atoms with Crippen LogP contribution in [0.4, 0.5) is 11.5 Å². The Morgan fingerprint density at radius 1 is 1.12 bits per heavy atom. The van der Waals surface area contributed by atoms with E-state index >= 15 is 0 Å². The molecule has 1 fully saturated rings. The molecule has 1 amide bonds. The van der Waals surface area contributed by atoms with E-state index in [1.165, 1.54) is 22.8 Å². The molecule has 6 nitrogen and oxygen atoms in total. The van der Waals surface area contributed by atoms with Gasteiger partial charge in [-0.25, -0.2) is 9.97 Å². The van der Waals surface area contributed by atoms with Crippen molar-refractivity contribution >= 4 is 40.1 Å². The van der Waals surface area contributed by atoms with E-state index in [2.05, 4.69) is 58.9 Å². The summed E-state index contributed by atoms with van der Waals surface area (Å²) in [6, 6.07) is 14.5. The Morgan fingerprint density at radius 2 is 1.91 bits per heavy atom. The van der Waals surface area contributed by atoms with Crippen LogP contribution in [0.15, 0.2) is 53.7 Å². The van der Waals surface area contributed by atoms with Gasteiger partial charge in [0, 0.05) is 50.0 Å². The summed E-state index contributed by atoms with van der Waals surface area (Å²) in [7, 11) is 4.14. The van der Waals surface area contributed by atoms with Gasteiger partial charge in [0.05, 0.1) is 11.1 Å². The Kier molecular flexibility index (Phi) is 7.15. The maximum Gasteiger partial charge on any atom is 0.254 e. The molecular formula is C25H31N5OS. The van der Waals surface area contributed by atoms with E-state index in [-0.39, 0.29) is 5.91 Å². The maximum atomic E-state index is 12.6. The van der Waals surface area contributed by atoms with Gasteiger partial charge >= 0.3 is 0 Å². The molecule has 4 rings (SSSR count). The molecule has 0 unspecified atom stereocenters. The fourth-order valence-corrected chi connectivity index (χ4v) is 4.93. The SMILES string of the molecule is CSc1ncccc1C(=O)NCC1CCC(Nc2cc(N(C)C)c3ccccc3n2)CC1. The van der Waals surface area contributed by atoms with Gasteiger partial charge in [0.15, 0.2) is 0 Å². The van der Waals surface area contributed by atoms with Gasteiger partial charge in [-0.1, -0.05) is 18.2 Å². The van der Waals surface area contributed by atoms with Crippen LogP contribution in [0.3, 0.4) is 0 Å². The lowest BCUT2D eigenvalue weighted by Crippen LogP contribution is -2.34. The highest BCUT2D eigenvalue weighted by Gasteiger charge is 2.23. The molecule has 2 aromatic heterocycles.